The Morgan fingerprint density at radius 3 is 2.56 bits per heavy atom. The quantitative estimate of drug-likeness (QED) is 0.635. The molecular formula is C14H11ClN2S. The van der Waals surface area contributed by atoms with Gasteiger partial charge < -0.3 is 0 Å². The summed E-state index contributed by atoms with van der Waals surface area (Å²) >= 11 is 7.56. The number of halogens is 1. The molecule has 0 amide bonds. The Labute approximate surface area is 114 Å². The smallest absolute Gasteiger partial charge is 0.142 e. The lowest BCUT2D eigenvalue weighted by Crippen LogP contribution is -1.81. The minimum Gasteiger partial charge on any atom is -0.142 e. The van der Waals surface area contributed by atoms with Gasteiger partial charge in [0.25, 0.3) is 0 Å². The molecule has 0 fully saturated rings. The molecule has 0 aliphatic rings. The number of hydrogen-bond donors (Lipinski definition) is 0. The lowest BCUT2D eigenvalue weighted by atomic mass is 10.1. The van der Waals surface area contributed by atoms with Crippen molar-refractivity contribution in [2.75, 3.05) is 0 Å². The van der Waals surface area contributed by atoms with E-state index in [1.54, 1.807) is 11.3 Å². The van der Waals surface area contributed by atoms with Crippen LogP contribution < -0.4 is 0 Å². The summed E-state index contributed by atoms with van der Waals surface area (Å²) in [4.78, 5) is 0. The van der Waals surface area contributed by atoms with E-state index >= 15 is 0 Å². The Morgan fingerprint density at radius 1 is 1.06 bits per heavy atom. The largest absolute Gasteiger partial charge is 0.147 e. The zero-order valence-electron chi connectivity index (χ0n) is 9.80. The fraction of sp³-hybridized carbons (Fsp3) is 0.143. The highest BCUT2D eigenvalue weighted by Crippen LogP contribution is 2.30. The summed E-state index contributed by atoms with van der Waals surface area (Å²) < 4.78 is 0. The fourth-order valence-electron chi connectivity index (χ4n) is 1.83. The van der Waals surface area contributed by atoms with Gasteiger partial charge in [0.1, 0.15) is 10.0 Å². The standard InChI is InChI=1S/C14H11ClN2S/c1-9(15)13-16-17-14(18-13)12-7-6-10-4-2-3-5-11(10)8-12/h2-9H,1H3. The van der Waals surface area contributed by atoms with E-state index in [0.717, 1.165) is 15.6 Å². The molecule has 4 heteroatoms. The number of rotatable bonds is 2. The molecule has 0 radical (unpaired) electrons. The average molecular weight is 275 g/mol. The van der Waals surface area contributed by atoms with E-state index in [1.165, 1.54) is 10.8 Å². The molecule has 0 aliphatic carbocycles. The minimum atomic E-state index is -0.0864. The van der Waals surface area contributed by atoms with Crippen LogP contribution in [0.2, 0.25) is 0 Å². The highest BCUT2D eigenvalue weighted by atomic mass is 35.5. The van der Waals surface area contributed by atoms with Crippen molar-refractivity contribution in [1.29, 1.82) is 0 Å². The number of hydrogen-bond acceptors (Lipinski definition) is 3. The van der Waals surface area contributed by atoms with Crippen LogP contribution in [-0.2, 0) is 0 Å². The van der Waals surface area contributed by atoms with E-state index in [-0.39, 0.29) is 5.38 Å². The Kier molecular flexibility index (Phi) is 3.02. The summed E-state index contributed by atoms with van der Waals surface area (Å²) in [6.07, 6.45) is 0. The van der Waals surface area contributed by atoms with Gasteiger partial charge in [0.2, 0.25) is 0 Å². The normalized spacial score (nSPS) is 12.8. The van der Waals surface area contributed by atoms with E-state index in [1.807, 2.05) is 19.1 Å². The topological polar surface area (TPSA) is 25.8 Å². The predicted octanol–water partition coefficient (Wildman–Crippen LogP) is 4.66. The van der Waals surface area contributed by atoms with Gasteiger partial charge in [0, 0.05) is 5.56 Å². The molecule has 3 rings (SSSR count). The first kappa shape index (κ1) is 11.6. The van der Waals surface area contributed by atoms with Crippen molar-refractivity contribution in [1.82, 2.24) is 10.2 Å². The van der Waals surface area contributed by atoms with Gasteiger partial charge in [0.15, 0.2) is 0 Å². The average Bonchev–Trinajstić information content (AvgIpc) is 2.88. The molecule has 3 aromatic rings. The molecule has 0 N–H and O–H groups in total. The SMILES string of the molecule is CC(Cl)c1nnc(-c2ccc3ccccc3c2)s1. The third-order valence-electron chi connectivity index (χ3n) is 2.78. The molecule has 0 spiro atoms. The van der Waals surface area contributed by atoms with E-state index < -0.39 is 0 Å². The van der Waals surface area contributed by atoms with Crippen molar-refractivity contribution in [3.8, 4) is 10.6 Å². The van der Waals surface area contributed by atoms with E-state index in [2.05, 4.69) is 40.5 Å². The molecule has 0 bridgehead atoms. The summed E-state index contributed by atoms with van der Waals surface area (Å²) in [7, 11) is 0. The van der Waals surface area contributed by atoms with Crippen molar-refractivity contribution in [3.63, 3.8) is 0 Å². The maximum absolute atomic E-state index is 6.01. The molecule has 0 saturated carbocycles. The van der Waals surface area contributed by atoms with Gasteiger partial charge in [-0.15, -0.1) is 21.8 Å². The summed E-state index contributed by atoms with van der Waals surface area (Å²) in [5.41, 5.74) is 1.09. The second kappa shape index (κ2) is 4.67. The van der Waals surface area contributed by atoms with Crippen LogP contribution >= 0.6 is 22.9 Å². The van der Waals surface area contributed by atoms with Crippen LogP contribution in [0.25, 0.3) is 21.3 Å². The van der Waals surface area contributed by atoms with Crippen LogP contribution in [0.5, 0.6) is 0 Å². The first-order chi connectivity index (χ1) is 8.74. The van der Waals surface area contributed by atoms with Gasteiger partial charge >= 0.3 is 0 Å². The molecule has 1 atom stereocenters. The van der Waals surface area contributed by atoms with Crippen LogP contribution in [-0.4, -0.2) is 10.2 Å². The van der Waals surface area contributed by atoms with Gasteiger partial charge in [0.05, 0.1) is 5.38 Å². The Morgan fingerprint density at radius 2 is 1.83 bits per heavy atom. The van der Waals surface area contributed by atoms with Crippen molar-refractivity contribution in [2.45, 2.75) is 12.3 Å². The first-order valence-corrected chi connectivity index (χ1v) is 6.96. The van der Waals surface area contributed by atoms with Gasteiger partial charge in [-0.3, -0.25) is 0 Å². The highest BCUT2D eigenvalue weighted by molar-refractivity contribution is 7.15. The van der Waals surface area contributed by atoms with Crippen molar-refractivity contribution in [2.24, 2.45) is 0 Å². The number of alkyl halides is 1. The molecule has 0 aliphatic heterocycles. The maximum Gasteiger partial charge on any atom is 0.147 e. The number of aromatic nitrogens is 2. The van der Waals surface area contributed by atoms with Crippen LogP contribution in [0.4, 0.5) is 0 Å². The Bertz CT molecular complexity index is 691. The number of nitrogens with zero attached hydrogens (tertiary/aromatic N) is 2. The second-order valence-electron chi connectivity index (χ2n) is 4.12. The van der Waals surface area contributed by atoms with E-state index in [9.17, 15) is 0 Å². The molecule has 0 saturated heterocycles. The molecule has 90 valence electrons. The van der Waals surface area contributed by atoms with Crippen molar-refractivity contribution in [3.05, 3.63) is 47.5 Å². The van der Waals surface area contributed by atoms with Gasteiger partial charge in [-0.2, -0.15) is 0 Å². The van der Waals surface area contributed by atoms with Crippen LogP contribution in [0.15, 0.2) is 42.5 Å². The molecular weight excluding hydrogens is 264 g/mol. The Hall–Kier alpha value is -1.45. The molecule has 1 unspecified atom stereocenters. The third kappa shape index (κ3) is 2.11. The van der Waals surface area contributed by atoms with Gasteiger partial charge in [-0.05, 0) is 23.8 Å². The molecule has 2 aromatic carbocycles. The summed E-state index contributed by atoms with van der Waals surface area (Å²) in [5.74, 6) is 0. The zero-order valence-corrected chi connectivity index (χ0v) is 11.4. The van der Waals surface area contributed by atoms with Gasteiger partial charge in [-0.1, -0.05) is 47.7 Å². The van der Waals surface area contributed by atoms with Crippen LogP contribution in [0.3, 0.4) is 0 Å². The molecule has 18 heavy (non-hydrogen) atoms. The number of fused-ring (bicyclic) bond motifs is 1. The summed E-state index contributed by atoms with van der Waals surface area (Å²) in [6, 6.07) is 14.6. The summed E-state index contributed by atoms with van der Waals surface area (Å²) in [5, 5.41) is 12.4. The Balaban J connectivity index is 2.07. The lowest BCUT2D eigenvalue weighted by molar-refractivity contribution is 0.962. The zero-order chi connectivity index (χ0) is 12.5. The fourth-order valence-corrected chi connectivity index (χ4v) is 2.78. The predicted molar refractivity (Wildman–Crippen MR) is 77.1 cm³/mol. The molecule has 2 nitrogen and oxygen atoms in total. The van der Waals surface area contributed by atoms with Crippen LogP contribution in [0.1, 0.15) is 17.3 Å². The van der Waals surface area contributed by atoms with Crippen molar-refractivity contribution >= 4 is 33.7 Å². The monoisotopic (exact) mass is 274 g/mol. The third-order valence-corrected chi connectivity index (χ3v) is 4.27. The van der Waals surface area contributed by atoms with Crippen LogP contribution in [0, 0.1) is 0 Å². The second-order valence-corrected chi connectivity index (χ2v) is 5.79. The van der Waals surface area contributed by atoms with E-state index in [0.29, 0.717) is 0 Å². The van der Waals surface area contributed by atoms with Gasteiger partial charge in [-0.25, -0.2) is 0 Å². The highest BCUT2D eigenvalue weighted by Gasteiger charge is 2.10. The molecule has 1 heterocycles. The first-order valence-electron chi connectivity index (χ1n) is 5.71. The summed E-state index contributed by atoms with van der Waals surface area (Å²) in [6.45, 7) is 1.91. The van der Waals surface area contributed by atoms with E-state index in [4.69, 9.17) is 11.6 Å². The minimum absolute atomic E-state index is 0.0864. The molecule has 1 aromatic heterocycles. The van der Waals surface area contributed by atoms with Crippen molar-refractivity contribution < 1.29 is 0 Å². The lowest BCUT2D eigenvalue weighted by Gasteiger charge is -1.99. The maximum atomic E-state index is 6.01. The number of benzene rings is 2.